The van der Waals surface area contributed by atoms with E-state index in [1.807, 2.05) is 0 Å². The van der Waals surface area contributed by atoms with Gasteiger partial charge in [-0.15, -0.1) is 0 Å². The molecule has 2 aromatic carbocycles. The molecular formula is C19H20N2O6. The van der Waals surface area contributed by atoms with Crippen molar-refractivity contribution in [2.24, 2.45) is 0 Å². The van der Waals surface area contributed by atoms with Crippen LogP contribution in [0, 0.1) is 24.0 Å². The highest BCUT2D eigenvalue weighted by atomic mass is 16.6. The van der Waals surface area contributed by atoms with Crippen molar-refractivity contribution >= 4 is 23.3 Å². The standard InChI is InChI=1S/C19H20N2O6/c1-10(2)27-17-6-5-13(19(23)24)8-15(17)20-18(22)14-9-16(21(25)26)12(4)7-11(14)3/h5-10H,1-4H3,(H,20,22)(H,23,24). The van der Waals surface area contributed by atoms with E-state index in [0.717, 1.165) is 0 Å². The summed E-state index contributed by atoms with van der Waals surface area (Å²) >= 11 is 0. The van der Waals surface area contributed by atoms with Crippen LogP contribution in [0.5, 0.6) is 5.75 Å². The molecule has 0 saturated carbocycles. The smallest absolute Gasteiger partial charge is 0.335 e. The quantitative estimate of drug-likeness (QED) is 0.585. The van der Waals surface area contributed by atoms with Gasteiger partial charge in [-0.1, -0.05) is 0 Å². The van der Waals surface area contributed by atoms with Crippen molar-refractivity contribution in [1.82, 2.24) is 0 Å². The summed E-state index contributed by atoms with van der Waals surface area (Å²) in [6.07, 6.45) is -0.196. The molecule has 142 valence electrons. The first-order valence-corrected chi connectivity index (χ1v) is 8.21. The number of ether oxygens (including phenoxy) is 1. The average molecular weight is 372 g/mol. The number of hydrogen-bond donors (Lipinski definition) is 2. The largest absolute Gasteiger partial charge is 0.489 e. The second kappa shape index (κ2) is 7.86. The van der Waals surface area contributed by atoms with Gasteiger partial charge in [0.2, 0.25) is 0 Å². The Balaban J connectivity index is 2.45. The number of nitro benzene ring substituents is 1. The molecule has 0 radical (unpaired) electrons. The van der Waals surface area contributed by atoms with Crippen LogP contribution in [0.25, 0.3) is 0 Å². The Morgan fingerprint density at radius 3 is 2.37 bits per heavy atom. The van der Waals surface area contributed by atoms with Gasteiger partial charge >= 0.3 is 5.97 Å². The molecular weight excluding hydrogens is 352 g/mol. The zero-order valence-electron chi connectivity index (χ0n) is 15.4. The lowest BCUT2D eigenvalue weighted by Crippen LogP contribution is -2.16. The molecule has 0 aliphatic carbocycles. The molecule has 0 aromatic heterocycles. The van der Waals surface area contributed by atoms with Gasteiger partial charge in [-0.25, -0.2) is 4.79 Å². The Hall–Kier alpha value is -3.42. The number of aryl methyl sites for hydroxylation is 2. The van der Waals surface area contributed by atoms with Crippen LogP contribution in [0.4, 0.5) is 11.4 Å². The molecule has 0 saturated heterocycles. The number of aromatic carboxylic acids is 1. The molecule has 0 atom stereocenters. The number of anilines is 1. The summed E-state index contributed by atoms with van der Waals surface area (Å²) < 4.78 is 5.61. The van der Waals surface area contributed by atoms with E-state index >= 15 is 0 Å². The highest BCUT2D eigenvalue weighted by Crippen LogP contribution is 2.29. The molecule has 8 nitrogen and oxygen atoms in total. The lowest BCUT2D eigenvalue weighted by molar-refractivity contribution is -0.385. The van der Waals surface area contributed by atoms with Crippen molar-refractivity contribution in [3.8, 4) is 5.75 Å². The summed E-state index contributed by atoms with van der Waals surface area (Å²) in [6.45, 7) is 6.86. The molecule has 27 heavy (non-hydrogen) atoms. The third-order valence-electron chi connectivity index (χ3n) is 3.82. The van der Waals surface area contributed by atoms with Crippen molar-refractivity contribution in [2.75, 3.05) is 5.32 Å². The predicted octanol–water partition coefficient (Wildman–Crippen LogP) is 3.95. The number of amides is 1. The number of carbonyl (C=O) groups is 2. The zero-order chi connectivity index (χ0) is 20.3. The number of nitrogens with zero attached hydrogens (tertiary/aromatic N) is 1. The second-order valence-corrected chi connectivity index (χ2v) is 6.35. The van der Waals surface area contributed by atoms with Gasteiger partial charge in [0.25, 0.3) is 11.6 Å². The van der Waals surface area contributed by atoms with Crippen LogP contribution in [0.1, 0.15) is 45.7 Å². The van der Waals surface area contributed by atoms with Crippen LogP contribution in [0.15, 0.2) is 30.3 Å². The molecule has 0 aliphatic rings. The Morgan fingerprint density at radius 2 is 1.81 bits per heavy atom. The van der Waals surface area contributed by atoms with Crippen LogP contribution in [-0.2, 0) is 0 Å². The van der Waals surface area contributed by atoms with E-state index in [1.54, 1.807) is 33.8 Å². The number of hydrogen-bond acceptors (Lipinski definition) is 5. The van der Waals surface area contributed by atoms with Crippen molar-refractivity contribution in [1.29, 1.82) is 0 Å². The monoisotopic (exact) mass is 372 g/mol. The lowest BCUT2D eigenvalue weighted by atomic mass is 10.0. The van der Waals surface area contributed by atoms with E-state index in [1.165, 1.54) is 24.3 Å². The SMILES string of the molecule is Cc1cc(C)c([N+](=O)[O-])cc1C(=O)Nc1cc(C(=O)O)ccc1OC(C)C. The number of carbonyl (C=O) groups excluding carboxylic acids is 1. The fourth-order valence-corrected chi connectivity index (χ4v) is 2.59. The number of rotatable bonds is 6. The summed E-state index contributed by atoms with van der Waals surface area (Å²) in [5.41, 5.74) is 1.14. The maximum absolute atomic E-state index is 12.7. The van der Waals surface area contributed by atoms with Gasteiger partial charge in [0.15, 0.2) is 0 Å². The van der Waals surface area contributed by atoms with E-state index in [2.05, 4.69) is 5.32 Å². The van der Waals surface area contributed by atoms with E-state index < -0.39 is 16.8 Å². The normalized spacial score (nSPS) is 10.6. The molecule has 1 amide bonds. The van der Waals surface area contributed by atoms with Crippen LogP contribution >= 0.6 is 0 Å². The molecule has 0 bridgehead atoms. The maximum Gasteiger partial charge on any atom is 0.335 e. The Labute approximate surface area is 155 Å². The first-order valence-electron chi connectivity index (χ1n) is 8.21. The number of carboxylic acids is 1. The second-order valence-electron chi connectivity index (χ2n) is 6.35. The van der Waals surface area contributed by atoms with E-state index in [0.29, 0.717) is 16.9 Å². The predicted molar refractivity (Wildman–Crippen MR) is 99.7 cm³/mol. The minimum Gasteiger partial charge on any atom is -0.489 e. The summed E-state index contributed by atoms with van der Waals surface area (Å²) in [5.74, 6) is -1.43. The summed E-state index contributed by atoms with van der Waals surface area (Å²) in [7, 11) is 0. The third kappa shape index (κ3) is 4.60. The molecule has 0 fully saturated rings. The van der Waals surface area contributed by atoms with Crippen molar-refractivity contribution < 1.29 is 24.4 Å². The number of nitro groups is 1. The highest BCUT2D eigenvalue weighted by molar-refractivity contribution is 6.07. The van der Waals surface area contributed by atoms with E-state index in [-0.39, 0.29) is 28.6 Å². The Bertz CT molecular complexity index is 921. The van der Waals surface area contributed by atoms with Crippen LogP contribution in [0.2, 0.25) is 0 Å². The third-order valence-corrected chi connectivity index (χ3v) is 3.82. The molecule has 2 N–H and O–H groups in total. The van der Waals surface area contributed by atoms with E-state index in [9.17, 15) is 24.8 Å². The highest BCUT2D eigenvalue weighted by Gasteiger charge is 2.20. The molecule has 0 aliphatic heterocycles. The van der Waals surface area contributed by atoms with Gasteiger partial charge < -0.3 is 15.2 Å². The van der Waals surface area contributed by atoms with Crippen LogP contribution in [0.3, 0.4) is 0 Å². The van der Waals surface area contributed by atoms with Gasteiger partial charge in [0.05, 0.1) is 22.3 Å². The summed E-state index contributed by atoms with van der Waals surface area (Å²) in [5, 5.41) is 22.9. The van der Waals surface area contributed by atoms with Crippen LogP contribution < -0.4 is 10.1 Å². The lowest BCUT2D eigenvalue weighted by Gasteiger charge is -2.16. The van der Waals surface area contributed by atoms with Gasteiger partial charge in [-0.3, -0.25) is 14.9 Å². The van der Waals surface area contributed by atoms with E-state index in [4.69, 9.17) is 4.74 Å². The Morgan fingerprint density at radius 1 is 1.15 bits per heavy atom. The van der Waals surface area contributed by atoms with Crippen LogP contribution in [-0.4, -0.2) is 28.0 Å². The number of carboxylic acid groups (broad SMARTS) is 1. The fourth-order valence-electron chi connectivity index (χ4n) is 2.59. The minimum absolute atomic E-state index is 0.0204. The molecule has 0 spiro atoms. The number of nitrogens with one attached hydrogen (secondary N) is 1. The summed E-state index contributed by atoms with van der Waals surface area (Å²) in [4.78, 5) is 34.5. The molecule has 0 heterocycles. The zero-order valence-corrected chi connectivity index (χ0v) is 15.4. The summed E-state index contributed by atoms with van der Waals surface area (Å²) in [6, 6.07) is 6.90. The molecule has 2 aromatic rings. The van der Waals surface area contributed by atoms with Crippen molar-refractivity contribution in [3.05, 3.63) is 62.7 Å². The molecule has 2 rings (SSSR count). The van der Waals surface area contributed by atoms with Gasteiger partial charge in [-0.2, -0.15) is 0 Å². The fraction of sp³-hybridized carbons (Fsp3) is 0.263. The topological polar surface area (TPSA) is 119 Å². The minimum atomic E-state index is -1.15. The average Bonchev–Trinajstić information content (AvgIpc) is 2.55. The van der Waals surface area contributed by atoms with Gasteiger partial charge in [-0.05, 0) is 57.5 Å². The van der Waals surface area contributed by atoms with Gasteiger partial charge in [0.1, 0.15) is 5.75 Å². The number of benzene rings is 2. The van der Waals surface area contributed by atoms with Gasteiger partial charge in [0, 0.05) is 17.2 Å². The molecule has 8 heteroatoms. The van der Waals surface area contributed by atoms with Crippen molar-refractivity contribution in [2.45, 2.75) is 33.8 Å². The first-order chi connectivity index (χ1) is 12.6. The first kappa shape index (κ1) is 19.9. The Kier molecular flexibility index (Phi) is 5.79. The molecule has 0 unspecified atom stereocenters. The van der Waals surface area contributed by atoms with Crippen molar-refractivity contribution in [3.63, 3.8) is 0 Å². The maximum atomic E-state index is 12.7.